The maximum Gasteiger partial charge on any atom is 0.233 e. The van der Waals surface area contributed by atoms with Gasteiger partial charge in [-0.15, -0.1) is 0 Å². The van der Waals surface area contributed by atoms with Crippen LogP contribution in [0.25, 0.3) is 0 Å². The second-order valence-electron chi connectivity index (χ2n) is 7.89. The molecule has 0 spiro atoms. The molecule has 0 radical (unpaired) electrons. The minimum absolute atomic E-state index is 0.0681. The molecule has 1 saturated carbocycles. The van der Waals surface area contributed by atoms with Gasteiger partial charge in [0.2, 0.25) is 11.8 Å². The first-order chi connectivity index (χ1) is 13.5. The number of nitrogens with zero attached hydrogens (tertiary/aromatic N) is 2. The van der Waals surface area contributed by atoms with Gasteiger partial charge in [-0.05, 0) is 61.9 Å². The largest absolute Gasteiger partial charge is 0.341 e. The number of hydrogen-bond donors (Lipinski definition) is 1. The lowest BCUT2D eigenvalue weighted by molar-refractivity contribution is -0.137. The molecule has 2 amide bonds. The molecule has 1 aliphatic heterocycles. The summed E-state index contributed by atoms with van der Waals surface area (Å²) in [6, 6.07) is 11.3. The van der Waals surface area contributed by atoms with Crippen molar-refractivity contribution in [3.05, 3.63) is 58.7 Å². The predicted molar refractivity (Wildman–Crippen MR) is 109 cm³/mol. The van der Waals surface area contributed by atoms with Crippen molar-refractivity contribution >= 4 is 29.2 Å². The van der Waals surface area contributed by atoms with Crippen LogP contribution in [-0.2, 0) is 15.0 Å². The Morgan fingerprint density at radius 2 is 2.07 bits per heavy atom. The van der Waals surface area contributed by atoms with E-state index >= 15 is 0 Å². The molecule has 0 bridgehead atoms. The second kappa shape index (κ2) is 7.55. The molecular weight excluding hydrogens is 374 g/mol. The summed E-state index contributed by atoms with van der Waals surface area (Å²) in [7, 11) is 0. The molecule has 1 atom stereocenters. The van der Waals surface area contributed by atoms with Gasteiger partial charge in [0.25, 0.3) is 0 Å². The molecule has 2 aromatic rings. The van der Waals surface area contributed by atoms with Crippen LogP contribution in [0.3, 0.4) is 0 Å². The quantitative estimate of drug-likeness (QED) is 0.849. The molecule has 1 saturated heterocycles. The van der Waals surface area contributed by atoms with Crippen molar-refractivity contribution in [3.63, 3.8) is 0 Å². The van der Waals surface area contributed by atoms with Gasteiger partial charge in [-0.1, -0.05) is 29.8 Å². The number of carbonyl (C=O) groups is 2. The highest BCUT2D eigenvalue weighted by Crippen LogP contribution is 2.50. The fourth-order valence-electron chi connectivity index (χ4n) is 3.99. The Morgan fingerprint density at radius 1 is 1.25 bits per heavy atom. The lowest BCUT2D eigenvalue weighted by Gasteiger charge is -2.34. The molecule has 6 heteroatoms. The van der Waals surface area contributed by atoms with Gasteiger partial charge in [-0.25, -0.2) is 4.98 Å². The number of pyridine rings is 1. The van der Waals surface area contributed by atoms with Gasteiger partial charge in [0.05, 0.1) is 11.3 Å². The van der Waals surface area contributed by atoms with E-state index in [0.717, 1.165) is 36.8 Å². The van der Waals surface area contributed by atoms with Crippen LogP contribution in [0.15, 0.2) is 42.6 Å². The van der Waals surface area contributed by atoms with Crippen LogP contribution < -0.4 is 5.32 Å². The number of likely N-dealkylation sites (tertiary alicyclic amines) is 1. The molecule has 2 aliphatic rings. The number of anilines is 1. The van der Waals surface area contributed by atoms with Crippen LogP contribution in [0.4, 0.5) is 5.82 Å². The summed E-state index contributed by atoms with van der Waals surface area (Å²) < 4.78 is 0. The standard InChI is InChI=1S/C22H24ClN3O2/c1-15-7-8-19(24-13-15)25-20(27)16-4-3-11-26(14-16)21(28)22(9-10-22)17-5-2-6-18(23)12-17/h2,5-8,12-13,16H,3-4,9-11,14H2,1H3,(H,24,25,27). The summed E-state index contributed by atoms with van der Waals surface area (Å²) in [6.45, 7) is 3.11. The SMILES string of the molecule is Cc1ccc(NC(=O)C2CCCN(C(=O)C3(c4cccc(Cl)c4)CC3)C2)nc1. The van der Waals surface area contributed by atoms with Gasteiger partial charge in [0.15, 0.2) is 0 Å². The maximum absolute atomic E-state index is 13.3. The molecule has 1 aliphatic carbocycles. The first kappa shape index (κ1) is 18.9. The molecule has 4 rings (SSSR count). The maximum atomic E-state index is 13.3. The zero-order valence-corrected chi connectivity index (χ0v) is 16.7. The number of carbonyl (C=O) groups excluding carboxylic acids is 2. The number of benzene rings is 1. The van der Waals surface area contributed by atoms with Crippen molar-refractivity contribution in [1.82, 2.24) is 9.88 Å². The van der Waals surface area contributed by atoms with Gasteiger partial charge in [0.1, 0.15) is 5.82 Å². The Hall–Kier alpha value is -2.40. The smallest absolute Gasteiger partial charge is 0.233 e. The number of rotatable bonds is 4. The highest BCUT2D eigenvalue weighted by Gasteiger charge is 2.53. The van der Waals surface area contributed by atoms with Gasteiger partial charge >= 0.3 is 0 Å². The van der Waals surface area contributed by atoms with E-state index < -0.39 is 5.41 Å². The van der Waals surface area contributed by atoms with E-state index in [0.29, 0.717) is 23.9 Å². The zero-order chi connectivity index (χ0) is 19.7. The lowest BCUT2D eigenvalue weighted by atomic mass is 9.91. The molecule has 1 aromatic heterocycles. The van der Waals surface area contributed by atoms with Crippen LogP contribution in [0, 0.1) is 12.8 Å². The van der Waals surface area contributed by atoms with Crippen LogP contribution in [0.1, 0.15) is 36.8 Å². The van der Waals surface area contributed by atoms with Crippen molar-refractivity contribution in [3.8, 4) is 0 Å². The van der Waals surface area contributed by atoms with Gasteiger partial charge in [0, 0.05) is 24.3 Å². The van der Waals surface area contributed by atoms with Crippen molar-refractivity contribution in [1.29, 1.82) is 0 Å². The van der Waals surface area contributed by atoms with E-state index in [1.54, 1.807) is 12.3 Å². The van der Waals surface area contributed by atoms with E-state index in [-0.39, 0.29) is 17.7 Å². The van der Waals surface area contributed by atoms with E-state index in [2.05, 4.69) is 10.3 Å². The third kappa shape index (κ3) is 3.76. The van der Waals surface area contributed by atoms with Crippen molar-refractivity contribution < 1.29 is 9.59 Å². The molecule has 1 unspecified atom stereocenters. The Bertz CT molecular complexity index is 893. The van der Waals surface area contributed by atoms with Gasteiger partial charge < -0.3 is 10.2 Å². The number of piperidine rings is 1. The molecule has 2 heterocycles. The summed E-state index contributed by atoms with van der Waals surface area (Å²) in [5, 5.41) is 3.54. The summed E-state index contributed by atoms with van der Waals surface area (Å²) in [4.78, 5) is 32.1. The molecular formula is C22H24ClN3O2. The second-order valence-corrected chi connectivity index (χ2v) is 8.33. The molecule has 5 nitrogen and oxygen atoms in total. The minimum atomic E-state index is -0.457. The summed E-state index contributed by atoms with van der Waals surface area (Å²) >= 11 is 6.14. The summed E-state index contributed by atoms with van der Waals surface area (Å²) in [6.07, 6.45) is 5.02. The highest BCUT2D eigenvalue weighted by molar-refractivity contribution is 6.30. The highest BCUT2D eigenvalue weighted by atomic mass is 35.5. The molecule has 1 N–H and O–H groups in total. The van der Waals surface area contributed by atoms with Crippen molar-refractivity contribution in [2.45, 2.75) is 38.0 Å². The minimum Gasteiger partial charge on any atom is -0.341 e. The molecule has 2 fully saturated rings. The molecule has 146 valence electrons. The van der Waals surface area contributed by atoms with E-state index in [4.69, 9.17) is 11.6 Å². The number of aryl methyl sites for hydroxylation is 1. The van der Waals surface area contributed by atoms with E-state index in [1.165, 1.54) is 0 Å². The van der Waals surface area contributed by atoms with Crippen LogP contribution in [-0.4, -0.2) is 34.8 Å². The van der Waals surface area contributed by atoms with Gasteiger partial charge in [-0.2, -0.15) is 0 Å². The van der Waals surface area contributed by atoms with Crippen LogP contribution >= 0.6 is 11.6 Å². The predicted octanol–water partition coefficient (Wildman–Crippen LogP) is 3.95. The van der Waals surface area contributed by atoms with Crippen LogP contribution in [0.5, 0.6) is 0 Å². The normalized spacial score (nSPS) is 20.5. The van der Waals surface area contributed by atoms with Crippen molar-refractivity contribution in [2.75, 3.05) is 18.4 Å². The summed E-state index contributed by atoms with van der Waals surface area (Å²) in [5.41, 5.74) is 1.57. The van der Waals surface area contributed by atoms with Crippen molar-refractivity contribution in [2.24, 2.45) is 5.92 Å². The fraction of sp³-hybridized carbons (Fsp3) is 0.409. The number of halogens is 1. The number of hydrogen-bond acceptors (Lipinski definition) is 3. The van der Waals surface area contributed by atoms with Crippen LogP contribution in [0.2, 0.25) is 5.02 Å². The topological polar surface area (TPSA) is 62.3 Å². The molecule has 1 aromatic carbocycles. The van der Waals surface area contributed by atoms with E-state index in [9.17, 15) is 9.59 Å². The monoisotopic (exact) mass is 397 g/mol. The average molecular weight is 398 g/mol. The molecule has 28 heavy (non-hydrogen) atoms. The fourth-order valence-corrected chi connectivity index (χ4v) is 4.18. The Morgan fingerprint density at radius 3 is 2.75 bits per heavy atom. The third-order valence-electron chi connectivity index (χ3n) is 5.78. The number of nitrogens with one attached hydrogen (secondary N) is 1. The Balaban J connectivity index is 1.44. The summed E-state index contributed by atoms with van der Waals surface area (Å²) in [5.74, 6) is 0.398. The van der Waals surface area contributed by atoms with Gasteiger partial charge in [-0.3, -0.25) is 9.59 Å². The Kier molecular flexibility index (Phi) is 5.11. The lowest BCUT2D eigenvalue weighted by Crippen LogP contribution is -2.47. The Labute approximate surface area is 170 Å². The zero-order valence-electron chi connectivity index (χ0n) is 16.0. The first-order valence-corrected chi connectivity index (χ1v) is 10.1. The van der Waals surface area contributed by atoms with E-state index in [1.807, 2.05) is 42.2 Å². The average Bonchev–Trinajstić information content (AvgIpc) is 3.51. The third-order valence-corrected chi connectivity index (χ3v) is 6.01. The first-order valence-electron chi connectivity index (χ1n) is 9.77. The number of aromatic nitrogens is 1. The number of amides is 2.